The van der Waals surface area contributed by atoms with Crippen LogP contribution in [0, 0.1) is 0 Å². The molecule has 0 aromatic heterocycles. The van der Waals surface area contributed by atoms with Crippen LogP contribution in [0.4, 0.5) is 0 Å². The molecule has 0 aliphatic rings. The topological polar surface area (TPSA) is 593 Å². The molecule has 232 valence electrons. The van der Waals surface area contributed by atoms with Crippen molar-refractivity contribution >= 4 is 358 Å². The maximum absolute atomic E-state index is 8.52. The van der Waals surface area contributed by atoms with E-state index in [4.69, 9.17) is 121 Å². The van der Waals surface area contributed by atoms with Crippen molar-refractivity contribution in [2.75, 3.05) is 0 Å². The molecule has 2 N–H and O–H groups in total. The minimum atomic E-state index is -5.17. The van der Waals surface area contributed by atoms with Crippen molar-refractivity contribution in [1.82, 2.24) is 0 Å². The predicted molar refractivity (Wildman–Crippen MR) is 120 cm³/mol. The average molecular weight is 993 g/mol. The van der Waals surface area contributed by atoms with Crippen molar-refractivity contribution in [3.05, 3.63) is 0 Å². The van der Waals surface area contributed by atoms with Gasteiger partial charge in [0.05, 0.1) is 0 Å². The van der Waals surface area contributed by atoms with E-state index in [1.165, 1.54) is 0 Å². The van der Waals surface area contributed by atoms with Gasteiger partial charge in [-0.15, -0.1) is 0 Å². The normalized spacial score (nSPS) is 8.27. The van der Waals surface area contributed by atoms with Crippen molar-refractivity contribution in [3.8, 4) is 0 Å². The molecule has 0 aliphatic heterocycles. The zero-order valence-electron chi connectivity index (χ0n) is 20.5. The van der Waals surface area contributed by atoms with Crippen LogP contribution in [0.15, 0.2) is 0 Å². The van der Waals surface area contributed by atoms with Crippen LogP contribution in [-0.4, -0.2) is 406 Å². The molecule has 0 fully saturated rings. The SMILES string of the molecule is O.O=S(=O)([O-])[O-].O=S(=O)([O-])[O-].O=S(=O)([O-])[O-].O=S(=O)([O-])[O-].O=S(=O)([O-])[O-].O=S(=O)([O-])[O-].[Ca+2].[Ca+2].[Ca+2].[Ca+2].[Ca+2].[Ca+2].[Ca+2].[O]=[Al][O-].[O]=[Al][O-]. The van der Waals surface area contributed by atoms with Crippen LogP contribution in [0.1, 0.15) is 0 Å². The number of hydrogen-bond acceptors (Lipinski definition) is 28. The second-order valence-corrected chi connectivity index (χ2v) is 7.93. The van der Waals surface area contributed by atoms with Crippen LogP contribution >= 0.6 is 0 Å². The quantitative estimate of drug-likeness (QED) is 0.123. The first-order chi connectivity index (χ1) is 14.8. The first-order valence-corrected chi connectivity index (χ1v) is 14.8. The molecule has 29 nitrogen and oxygen atoms in total. The summed E-state index contributed by atoms with van der Waals surface area (Å²) in [6.07, 6.45) is 0. The fourth-order valence-electron chi connectivity index (χ4n) is 0. The van der Waals surface area contributed by atoms with Gasteiger partial charge < -0.3 is 60.1 Å². The first-order valence-electron chi connectivity index (χ1n) is 4.94. The molecule has 0 amide bonds. The van der Waals surface area contributed by atoms with E-state index in [1.54, 1.807) is 0 Å². The van der Waals surface area contributed by atoms with E-state index in [1.807, 2.05) is 0 Å². The summed E-state index contributed by atoms with van der Waals surface area (Å²) in [6, 6.07) is 0. The van der Waals surface area contributed by atoms with Crippen molar-refractivity contribution in [2.45, 2.75) is 0 Å². The van der Waals surface area contributed by atoms with Gasteiger partial charge in [-0.1, -0.05) is 0 Å². The Balaban J connectivity index is -0.0000000143. The molecular weight excluding hydrogens is 991 g/mol. The van der Waals surface area contributed by atoms with Crippen LogP contribution in [0.5, 0.6) is 0 Å². The summed E-state index contributed by atoms with van der Waals surface area (Å²) in [4.78, 5) is 0. The van der Waals surface area contributed by atoms with Gasteiger partial charge in [0.2, 0.25) is 0 Å². The van der Waals surface area contributed by atoms with Gasteiger partial charge in [-0.05, 0) is 0 Å². The van der Waals surface area contributed by atoms with Crippen LogP contribution < -0.4 is 8.32 Å². The Labute approximate surface area is 471 Å². The summed E-state index contributed by atoms with van der Waals surface area (Å²) in [5.41, 5.74) is 0. The Morgan fingerprint density at radius 1 is 0.273 bits per heavy atom. The molecule has 0 heterocycles. The fourth-order valence-corrected chi connectivity index (χ4v) is 0. The fraction of sp³-hybridized carbons (Fsp3) is 0. The Morgan fingerprint density at radius 2 is 0.273 bits per heavy atom. The molecule has 0 bridgehead atoms. The molecule has 0 atom stereocenters. The molecule has 44 heteroatoms. The van der Waals surface area contributed by atoms with E-state index in [0.29, 0.717) is 0 Å². The van der Waals surface area contributed by atoms with E-state index < -0.39 is 93.4 Å². The van der Waals surface area contributed by atoms with Crippen LogP contribution in [0.2, 0.25) is 0 Å². The Morgan fingerprint density at radius 3 is 0.273 bits per heavy atom. The standard InChI is InChI=1S/2Al.7Ca.6H2O4S.H2O.4O/c;;;;;;;;;6*1-5(2,3)4;;;;;/h;;;;;;;;;6*(H2,1,2,3,4);1H2;;;;/q;;7*+2;;;;;;;;;;2*-1/p-12. The van der Waals surface area contributed by atoms with E-state index in [2.05, 4.69) is 0 Å². The Bertz CT molecular complexity index is 880. The van der Waals surface area contributed by atoms with Crippen molar-refractivity contribution in [2.24, 2.45) is 0 Å². The average Bonchev–Trinajstić information content (AvgIpc) is 2.25. The van der Waals surface area contributed by atoms with Crippen molar-refractivity contribution < 1.29 is 127 Å². The molecular formula is H2Al2Ca7O29S6. The molecule has 0 aromatic carbocycles. The molecule has 0 spiro atoms. The summed E-state index contributed by atoms with van der Waals surface area (Å²) >= 11 is -3.50. The molecule has 0 aliphatic carbocycles. The van der Waals surface area contributed by atoms with E-state index in [9.17, 15) is 0 Å². The summed E-state index contributed by atoms with van der Waals surface area (Å²) in [5, 5.41) is 0. The second-order valence-electron chi connectivity index (χ2n) is 2.64. The summed E-state index contributed by atoms with van der Waals surface area (Å²) in [7, 11) is -31.0. The third kappa shape index (κ3) is 1790. The van der Waals surface area contributed by atoms with Gasteiger partial charge in [-0.25, -0.2) is 0 Å². The number of hydrogen-bond donors (Lipinski definition) is 0. The summed E-state index contributed by atoms with van der Waals surface area (Å²) in [5.74, 6) is 0. The van der Waals surface area contributed by atoms with Crippen molar-refractivity contribution in [1.29, 1.82) is 0 Å². The van der Waals surface area contributed by atoms with Gasteiger partial charge >= 0.3 is 311 Å². The van der Waals surface area contributed by atoms with Crippen molar-refractivity contribution in [3.63, 3.8) is 0 Å². The Kier molecular flexibility index (Phi) is 144. The third-order valence-corrected chi connectivity index (χ3v) is 0. The second kappa shape index (κ2) is 60.5. The molecule has 44 heavy (non-hydrogen) atoms. The molecule has 0 radical (unpaired) electrons. The molecule has 0 rings (SSSR count). The van der Waals surface area contributed by atoms with Gasteiger partial charge in [-0.3, -0.25) is 50.5 Å². The molecule has 0 saturated heterocycles. The van der Waals surface area contributed by atoms with Gasteiger partial charge in [0, 0.05) is 62.4 Å². The molecule has 0 unspecified atom stereocenters. The maximum atomic E-state index is 8.52. The zero-order chi connectivity index (χ0) is 32.4. The van der Waals surface area contributed by atoms with Crippen LogP contribution in [-0.2, 0) is 70.0 Å². The van der Waals surface area contributed by atoms with E-state index >= 15 is 0 Å². The Hall–Kier alpha value is 8.26. The number of rotatable bonds is 0. The van der Waals surface area contributed by atoms with Gasteiger partial charge in [0.1, 0.15) is 0 Å². The van der Waals surface area contributed by atoms with Crippen LogP contribution in [0.3, 0.4) is 0 Å². The van der Waals surface area contributed by atoms with E-state index in [0.717, 1.165) is 0 Å². The van der Waals surface area contributed by atoms with Gasteiger partial charge in [0.15, 0.2) is 0 Å². The zero-order valence-corrected chi connectivity index (χ0v) is 43.2. The minimum absolute atomic E-state index is 0. The monoisotopic (exact) mass is 991 g/mol. The van der Waals surface area contributed by atoms with Gasteiger partial charge in [-0.2, -0.15) is 0 Å². The van der Waals surface area contributed by atoms with E-state index in [-0.39, 0.29) is 270 Å². The van der Waals surface area contributed by atoms with Gasteiger partial charge in [0.25, 0.3) is 0 Å². The van der Waals surface area contributed by atoms with Crippen LogP contribution in [0.25, 0.3) is 0 Å². The summed E-state index contributed by atoms with van der Waals surface area (Å²) < 4.78 is 238. The molecule has 0 aromatic rings. The third-order valence-electron chi connectivity index (χ3n) is 0. The predicted octanol–water partition coefficient (Wildman–Crippen LogP) is -14.9. The summed E-state index contributed by atoms with van der Waals surface area (Å²) in [6.45, 7) is 0. The first kappa shape index (κ1) is 104. The molecule has 0 saturated carbocycles.